The molecule has 2 rings (SSSR count). The summed E-state index contributed by atoms with van der Waals surface area (Å²) in [5, 5.41) is 20.8. The molecule has 1 atom stereocenters. The fraction of sp³-hybridized carbons (Fsp3) is 0.333. The molecule has 0 aliphatic heterocycles. The molecule has 1 aliphatic carbocycles. The molecule has 1 saturated carbocycles. The number of alkyl halides is 1. The third-order valence-corrected chi connectivity index (χ3v) is 4.03. The van der Waals surface area contributed by atoms with Gasteiger partial charge in [0.25, 0.3) is 0 Å². The van der Waals surface area contributed by atoms with Gasteiger partial charge in [0.15, 0.2) is 0 Å². The number of oxime groups is 1. The average Bonchev–Trinajstić information content (AvgIpc) is 2.47. The van der Waals surface area contributed by atoms with Crippen molar-refractivity contribution in [2.45, 2.75) is 31.1 Å². The van der Waals surface area contributed by atoms with Gasteiger partial charge >= 0.3 is 5.97 Å². The molecule has 4 nitrogen and oxygen atoms in total. The lowest BCUT2D eigenvalue weighted by Gasteiger charge is -2.15. The summed E-state index contributed by atoms with van der Waals surface area (Å²) >= 11 is 17.2. The quantitative estimate of drug-likeness (QED) is 0.332. The number of rotatable bonds is 2. The number of hydrogen-bond donors (Lipinski definition) is 2. The second-order valence-corrected chi connectivity index (χ2v) is 6.01. The van der Waals surface area contributed by atoms with E-state index in [0.29, 0.717) is 15.6 Å². The summed E-state index contributed by atoms with van der Waals surface area (Å²) in [6.07, 6.45) is 6.54. The van der Waals surface area contributed by atoms with Gasteiger partial charge in [-0.2, -0.15) is 0 Å². The summed E-state index contributed by atoms with van der Waals surface area (Å²) < 4.78 is 0. The van der Waals surface area contributed by atoms with Gasteiger partial charge in [0.1, 0.15) is 0 Å². The van der Waals surface area contributed by atoms with Crippen LogP contribution in [0.25, 0.3) is 6.08 Å². The lowest BCUT2D eigenvalue weighted by molar-refractivity contribution is -0.131. The highest BCUT2D eigenvalue weighted by Crippen LogP contribution is 2.22. The Bertz CT molecular complexity index is 573. The molecule has 1 aromatic rings. The topological polar surface area (TPSA) is 69.9 Å². The van der Waals surface area contributed by atoms with Crippen LogP contribution in [0.5, 0.6) is 0 Å². The van der Waals surface area contributed by atoms with Crippen molar-refractivity contribution < 1.29 is 15.1 Å². The summed E-state index contributed by atoms with van der Waals surface area (Å²) in [6, 6.07) is 4.86. The number of carboxylic acid groups (broad SMARTS) is 1. The second kappa shape index (κ2) is 9.72. The maximum absolute atomic E-state index is 10.2. The summed E-state index contributed by atoms with van der Waals surface area (Å²) in [4.78, 5) is 10.2. The van der Waals surface area contributed by atoms with Crippen LogP contribution in [-0.2, 0) is 4.79 Å². The van der Waals surface area contributed by atoms with Gasteiger partial charge < -0.3 is 10.3 Å². The van der Waals surface area contributed by atoms with Gasteiger partial charge in [0.05, 0.1) is 11.1 Å². The molecule has 0 heterocycles. The number of hydrogen-bond acceptors (Lipinski definition) is 3. The van der Waals surface area contributed by atoms with Crippen molar-refractivity contribution in [3.8, 4) is 0 Å². The fourth-order valence-electron chi connectivity index (χ4n) is 1.86. The van der Waals surface area contributed by atoms with Crippen molar-refractivity contribution in [1.82, 2.24) is 0 Å². The Balaban J connectivity index is 0.000000235. The minimum atomic E-state index is -1.01. The number of carbonyl (C=O) groups is 1. The fourth-order valence-corrected chi connectivity index (χ4v) is 2.64. The average molecular weight is 365 g/mol. The van der Waals surface area contributed by atoms with Gasteiger partial charge in [-0.25, -0.2) is 4.79 Å². The van der Waals surface area contributed by atoms with Crippen molar-refractivity contribution in [3.63, 3.8) is 0 Å². The van der Waals surface area contributed by atoms with Crippen LogP contribution < -0.4 is 0 Å². The van der Waals surface area contributed by atoms with Gasteiger partial charge in [-0.05, 0) is 43.0 Å². The largest absolute Gasteiger partial charge is 0.478 e. The molecule has 7 heteroatoms. The van der Waals surface area contributed by atoms with Gasteiger partial charge in [-0.3, -0.25) is 0 Å². The van der Waals surface area contributed by atoms with Crippen molar-refractivity contribution in [2.24, 2.45) is 5.16 Å². The zero-order chi connectivity index (χ0) is 16.5. The highest BCUT2D eigenvalue weighted by Gasteiger charge is 2.17. The summed E-state index contributed by atoms with van der Waals surface area (Å²) in [6.45, 7) is 0. The maximum atomic E-state index is 10.2. The molecule has 22 heavy (non-hydrogen) atoms. The Labute approximate surface area is 144 Å². The van der Waals surface area contributed by atoms with E-state index in [-0.39, 0.29) is 5.38 Å². The predicted octanol–water partition coefficient (Wildman–Crippen LogP) is 5.09. The van der Waals surface area contributed by atoms with Crippen molar-refractivity contribution in [3.05, 3.63) is 39.9 Å². The first kappa shape index (κ1) is 18.8. The molecule has 0 saturated heterocycles. The molecular formula is C15H16Cl3NO3. The van der Waals surface area contributed by atoms with E-state index in [1.807, 2.05) is 0 Å². The highest BCUT2D eigenvalue weighted by atomic mass is 35.5. The Morgan fingerprint density at radius 3 is 2.55 bits per heavy atom. The SMILES string of the molecule is O=C(O)C=Cc1ccc(Cl)cc1Cl.ON=C1CCCCC1Cl. The number of nitrogens with zero attached hydrogens (tertiary/aromatic N) is 1. The van der Waals surface area contributed by atoms with Crippen molar-refractivity contribution in [1.29, 1.82) is 0 Å². The first-order valence-electron chi connectivity index (χ1n) is 6.65. The highest BCUT2D eigenvalue weighted by molar-refractivity contribution is 6.35. The van der Waals surface area contributed by atoms with Crippen LogP contribution in [0, 0.1) is 0 Å². The summed E-state index contributed by atoms with van der Waals surface area (Å²) in [5.74, 6) is -1.01. The minimum absolute atomic E-state index is 0.0104. The van der Waals surface area contributed by atoms with Gasteiger partial charge in [-0.15, -0.1) is 11.6 Å². The van der Waals surface area contributed by atoms with Gasteiger partial charge in [0, 0.05) is 16.1 Å². The number of halogens is 3. The molecule has 1 aliphatic rings. The molecule has 0 radical (unpaired) electrons. The molecule has 120 valence electrons. The van der Waals surface area contributed by atoms with E-state index in [2.05, 4.69) is 5.16 Å². The molecule has 0 bridgehead atoms. The Morgan fingerprint density at radius 1 is 1.32 bits per heavy atom. The molecule has 1 aromatic carbocycles. The van der Waals surface area contributed by atoms with E-state index >= 15 is 0 Å². The van der Waals surface area contributed by atoms with Crippen LogP contribution in [0.3, 0.4) is 0 Å². The first-order valence-corrected chi connectivity index (χ1v) is 7.84. The summed E-state index contributed by atoms with van der Waals surface area (Å²) in [7, 11) is 0. The lowest BCUT2D eigenvalue weighted by atomic mass is 9.98. The van der Waals surface area contributed by atoms with Crippen LogP contribution in [-0.4, -0.2) is 27.4 Å². The van der Waals surface area contributed by atoms with Gasteiger partial charge in [0.2, 0.25) is 0 Å². The zero-order valence-corrected chi connectivity index (χ0v) is 13.9. The van der Waals surface area contributed by atoms with E-state index in [0.717, 1.165) is 37.5 Å². The van der Waals surface area contributed by atoms with E-state index in [1.54, 1.807) is 18.2 Å². The summed E-state index contributed by atoms with van der Waals surface area (Å²) in [5.41, 5.74) is 1.39. The second-order valence-electron chi connectivity index (χ2n) is 4.64. The molecule has 1 unspecified atom stereocenters. The third-order valence-electron chi connectivity index (χ3n) is 3.00. The molecule has 1 fully saturated rings. The predicted molar refractivity (Wildman–Crippen MR) is 90.5 cm³/mol. The number of carboxylic acids is 1. The Kier molecular flexibility index (Phi) is 8.31. The zero-order valence-electron chi connectivity index (χ0n) is 11.7. The van der Waals surface area contributed by atoms with E-state index in [1.165, 1.54) is 6.08 Å². The number of benzene rings is 1. The third kappa shape index (κ3) is 6.69. The van der Waals surface area contributed by atoms with Crippen molar-refractivity contribution in [2.75, 3.05) is 0 Å². The monoisotopic (exact) mass is 363 g/mol. The maximum Gasteiger partial charge on any atom is 0.328 e. The van der Waals surface area contributed by atoms with E-state index in [9.17, 15) is 4.79 Å². The standard InChI is InChI=1S/C9H6Cl2O2.C6H10ClNO/c10-7-3-1-6(8(11)5-7)2-4-9(12)13;7-5-3-1-2-4-6(5)8-9/h1-5H,(H,12,13);5,9H,1-4H2. The normalized spacial score (nSPS) is 19.8. The molecule has 0 spiro atoms. The Hall–Kier alpha value is -1.23. The number of aliphatic carboxylic acids is 1. The Morgan fingerprint density at radius 2 is 2.05 bits per heavy atom. The van der Waals surface area contributed by atoms with Crippen molar-refractivity contribution >= 4 is 52.6 Å². The van der Waals surface area contributed by atoms with E-state index in [4.69, 9.17) is 45.1 Å². The van der Waals surface area contributed by atoms with Crippen LogP contribution in [0.2, 0.25) is 10.0 Å². The lowest BCUT2D eigenvalue weighted by Crippen LogP contribution is -2.18. The van der Waals surface area contributed by atoms with Gasteiger partial charge in [-0.1, -0.05) is 40.8 Å². The smallest absolute Gasteiger partial charge is 0.328 e. The van der Waals surface area contributed by atoms with Crippen LogP contribution in [0.4, 0.5) is 0 Å². The minimum Gasteiger partial charge on any atom is -0.478 e. The van der Waals surface area contributed by atoms with E-state index < -0.39 is 5.97 Å². The molecule has 0 aromatic heterocycles. The van der Waals surface area contributed by atoms with Crippen LogP contribution in [0.15, 0.2) is 29.4 Å². The van der Waals surface area contributed by atoms with Crippen LogP contribution >= 0.6 is 34.8 Å². The first-order chi connectivity index (χ1) is 10.4. The molecule has 0 amide bonds. The van der Waals surface area contributed by atoms with Crippen LogP contribution in [0.1, 0.15) is 31.2 Å². The molecular weight excluding hydrogens is 349 g/mol. The molecule has 2 N–H and O–H groups in total.